The molecule has 1 N–H and O–H groups in total. The monoisotopic (exact) mass is 323 g/mol. The normalized spacial score (nSPS) is 13.0. The van der Waals surface area contributed by atoms with Crippen molar-refractivity contribution in [1.29, 1.82) is 0 Å². The van der Waals surface area contributed by atoms with Gasteiger partial charge in [-0.1, -0.05) is 56.3 Å². The Labute approximate surface area is 143 Å². The third-order valence-electron chi connectivity index (χ3n) is 4.51. The minimum Gasteiger partial charge on any atom is -0.396 e. The van der Waals surface area contributed by atoms with Crippen LogP contribution in [0.1, 0.15) is 32.4 Å². The molecule has 0 radical (unpaired) electrons. The Morgan fingerprint density at radius 1 is 0.958 bits per heavy atom. The van der Waals surface area contributed by atoms with E-state index in [1.807, 2.05) is 12.1 Å². The number of aliphatic hydroxyl groups is 1. The van der Waals surface area contributed by atoms with Crippen LogP contribution in [0.25, 0.3) is 21.7 Å². The van der Waals surface area contributed by atoms with E-state index in [1.54, 1.807) is 0 Å². The van der Waals surface area contributed by atoms with Gasteiger partial charge in [0.1, 0.15) is 0 Å². The van der Waals surface area contributed by atoms with Crippen LogP contribution in [0, 0.1) is 5.92 Å². The van der Waals surface area contributed by atoms with E-state index in [1.165, 1.54) is 10.8 Å². The first-order valence-electron chi connectivity index (χ1n) is 8.69. The second-order valence-corrected chi connectivity index (χ2v) is 6.58. The first-order valence-corrected chi connectivity index (χ1v) is 8.69. The molecule has 0 fully saturated rings. The van der Waals surface area contributed by atoms with Gasteiger partial charge in [0.2, 0.25) is 0 Å². The summed E-state index contributed by atoms with van der Waals surface area (Å²) >= 11 is 0. The Balaban J connectivity index is 1.93. The van der Waals surface area contributed by atoms with Crippen LogP contribution in [0.2, 0.25) is 0 Å². The summed E-state index contributed by atoms with van der Waals surface area (Å²) in [5, 5.41) is 12.6. The number of rotatable bonds is 7. The average Bonchev–Trinajstić information content (AvgIpc) is 2.61. The quantitative estimate of drug-likeness (QED) is 0.641. The molecule has 0 bridgehead atoms. The standard InChI is InChI=1S/C21H25NO2/c1-15(2)21(12-7-13-23)24-14-20-18-10-4-3-8-16(18)17-9-5-6-11-19(17)22-20/h3-6,8-11,15,21,23H,7,12-14H2,1-2H3. The van der Waals surface area contributed by atoms with E-state index < -0.39 is 0 Å². The molecule has 126 valence electrons. The molecule has 2 aromatic carbocycles. The molecular weight excluding hydrogens is 298 g/mol. The van der Waals surface area contributed by atoms with Gasteiger partial charge < -0.3 is 9.84 Å². The summed E-state index contributed by atoms with van der Waals surface area (Å²) in [4.78, 5) is 4.84. The molecule has 0 saturated carbocycles. The van der Waals surface area contributed by atoms with E-state index in [9.17, 15) is 0 Å². The Kier molecular flexibility index (Phi) is 5.44. The van der Waals surface area contributed by atoms with Crippen molar-refractivity contribution in [2.45, 2.75) is 39.4 Å². The van der Waals surface area contributed by atoms with Crippen LogP contribution >= 0.6 is 0 Å². The lowest BCUT2D eigenvalue weighted by Gasteiger charge is -2.21. The molecule has 0 aliphatic heterocycles. The van der Waals surface area contributed by atoms with Crippen LogP contribution in [0.4, 0.5) is 0 Å². The van der Waals surface area contributed by atoms with Crippen LogP contribution < -0.4 is 0 Å². The molecule has 1 heterocycles. The summed E-state index contributed by atoms with van der Waals surface area (Å²) in [5.41, 5.74) is 1.99. The minimum atomic E-state index is 0.143. The van der Waals surface area contributed by atoms with Crippen molar-refractivity contribution in [2.75, 3.05) is 6.61 Å². The average molecular weight is 323 g/mol. The van der Waals surface area contributed by atoms with Gasteiger partial charge in [0, 0.05) is 17.4 Å². The summed E-state index contributed by atoms with van der Waals surface area (Å²) in [6, 6.07) is 16.6. The molecule has 3 heteroatoms. The zero-order chi connectivity index (χ0) is 16.9. The Bertz CT molecular complexity index is 813. The maximum atomic E-state index is 9.07. The molecule has 0 aliphatic rings. The molecular formula is C21H25NO2. The molecule has 0 amide bonds. The lowest BCUT2D eigenvalue weighted by molar-refractivity contribution is 0.000810. The fraction of sp³-hybridized carbons (Fsp3) is 0.381. The van der Waals surface area contributed by atoms with Crippen molar-refractivity contribution in [2.24, 2.45) is 5.92 Å². The van der Waals surface area contributed by atoms with Gasteiger partial charge in [0.05, 0.1) is 23.9 Å². The molecule has 0 aliphatic carbocycles. The van der Waals surface area contributed by atoms with Gasteiger partial charge in [-0.2, -0.15) is 0 Å². The molecule has 3 aromatic rings. The summed E-state index contributed by atoms with van der Waals surface area (Å²) in [5.74, 6) is 0.420. The predicted molar refractivity (Wildman–Crippen MR) is 99.0 cm³/mol. The second-order valence-electron chi connectivity index (χ2n) is 6.58. The van der Waals surface area contributed by atoms with Crippen LogP contribution in [0.5, 0.6) is 0 Å². The first kappa shape index (κ1) is 16.9. The van der Waals surface area contributed by atoms with E-state index in [0.29, 0.717) is 12.5 Å². The lowest BCUT2D eigenvalue weighted by atomic mass is 10.0. The number of aromatic nitrogens is 1. The lowest BCUT2D eigenvalue weighted by Crippen LogP contribution is -2.20. The van der Waals surface area contributed by atoms with Gasteiger partial charge in [-0.3, -0.25) is 0 Å². The Morgan fingerprint density at radius 2 is 1.62 bits per heavy atom. The summed E-state index contributed by atoms with van der Waals surface area (Å²) in [6.45, 7) is 5.03. The maximum Gasteiger partial charge on any atom is 0.0898 e. The number of aliphatic hydroxyl groups excluding tert-OH is 1. The van der Waals surface area contributed by atoms with Gasteiger partial charge in [-0.25, -0.2) is 4.98 Å². The highest BCUT2D eigenvalue weighted by atomic mass is 16.5. The largest absolute Gasteiger partial charge is 0.396 e. The third kappa shape index (κ3) is 3.58. The van der Waals surface area contributed by atoms with Crippen LogP contribution in [0.15, 0.2) is 48.5 Å². The van der Waals surface area contributed by atoms with E-state index in [0.717, 1.165) is 29.4 Å². The van der Waals surface area contributed by atoms with E-state index >= 15 is 0 Å². The summed E-state index contributed by atoms with van der Waals surface area (Å²) in [6.07, 6.45) is 1.79. The number of para-hydroxylation sites is 1. The van der Waals surface area contributed by atoms with E-state index in [4.69, 9.17) is 14.8 Å². The van der Waals surface area contributed by atoms with Crippen molar-refractivity contribution in [3.05, 3.63) is 54.2 Å². The fourth-order valence-corrected chi connectivity index (χ4v) is 3.17. The van der Waals surface area contributed by atoms with E-state index in [2.05, 4.69) is 50.2 Å². The van der Waals surface area contributed by atoms with Gasteiger partial charge in [-0.15, -0.1) is 0 Å². The van der Waals surface area contributed by atoms with Crippen molar-refractivity contribution in [3.8, 4) is 0 Å². The maximum absolute atomic E-state index is 9.07. The number of fused-ring (bicyclic) bond motifs is 3. The van der Waals surface area contributed by atoms with E-state index in [-0.39, 0.29) is 12.7 Å². The number of nitrogens with zero attached hydrogens (tertiary/aromatic N) is 1. The number of pyridine rings is 1. The number of ether oxygens (including phenoxy) is 1. The number of hydrogen-bond donors (Lipinski definition) is 1. The molecule has 24 heavy (non-hydrogen) atoms. The van der Waals surface area contributed by atoms with Crippen molar-refractivity contribution < 1.29 is 9.84 Å². The number of hydrogen-bond acceptors (Lipinski definition) is 3. The van der Waals surface area contributed by atoms with Crippen LogP contribution in [-0.4, -0.2) is 22.8 Å². The molecule has 1 aromatic heterocycles. The van der Waals surface area contributed by atoms with Gasteiger partial charge in [-0.05, 0) is 30.2 Å². The molecule has 1 unspecified atom stereocenters. The summed E-state index contributed by atoms with van der Waals surface area (Å²) in [7, 11) is 0. The summed E-state index contributed by atoms with van der Waals surface area (Å²) < 4.78 is 6.18. The third-order valence-corrected chi connectivity index (χ3v) is 4.51. The zero-order valence-electron chi connectivity index (χ0n) is 14.4. The molecule has 3 rings (SSSR count). The van der Waals surface area contributed by atoms with Gasteiger partial charge in [0.15, 0.2) is 0 Å². The molecule has 1 atom stereocenters. The molecule has 0 spiro atoms. The predicted octanol–water partition coefficient (Wildman–Crippen LogP) is 4.70. The number of benzene rings is 2. The fourth-order valence-electron chi connectivity index (χ4n) is 3.17. The van der Waals surface area contributed by atoms with Crippen molar-refractivity contribution in [1.82, 2.24) is 4.98 Å². The molecule has 3 nitrogen and oxygen atoms in total. The van der Waals surface area contributed by atoms with Gasteiger partial charge >= 0.3 is 0 Å². The highest BCUT2D eigenvalue weighted by Crippen LogP contribution is 2.27. The second kappa shape index (κ2) is 7.73. The van der Waals surface area contributed by atoms with Crippen LogP contribution in [0.3, 0.4) is 0 Å². The first-order chi connectivity index (χ1) is 11.7. The Morgan fingerprint density at radius 3 is 2.33 bits per heavy atom. The van der Waals surface area contributed by atoms with Crippen molar-refractivity contribution in [3.63, 3.8) is 0 Å². The topological polar surface area (TPSA) is 42.4 Å². The van der Waals surface area contributed by atoms with Crippen LogP contribution in [-0.2, 0) is 11.3 Å². The zero-order valence-corrected chi connectivity index (χ0v) is 14.4. The Hall–Kier alpha value is -1.97. The minimum absolute atomic E-state index is 0.143. The SMILES string of the molecule is CC(C)C(CCCO)OCc1nc2ccccc2c2ccccc12. The van der Waals surface area contributed by atoms with Crippen molar-refractivity contribution >= 4 is 21.7 Å². The highest BCUT2D eigenvalue weighted by molar-refractivity contribution is 6.06. The smallest absolute Gasteiger partial charge is 0.0898 e. The molecule has 0 saturated heterocycles. The van der Waals surface area contributed by atoms with Gasteiger partial charge in [0.25, 0.3) is 0 Å². The highest BCUT2D eigenvalue weighted by Gasteiger charge is 2.15.